The minimum Gasteiger partial charge on any atom is -0.343 e. The third-order valence-corrected chi connectivity index (χ3v) is 3.80. The number of para-hydroxylation sites is 1. The Bertz CT molecular complexity index is 618. The first-order valence-corrected chi connectivity index (χ1v) is 6.45. The molecule has 0 saturated carbocycles. The van der Waals surface area contributed by atoms with E-state index in [1.54, 1.807) is 0 Å². The number of fused-ring (bicyclic) bond motifs is 3. The molecule has 0 N–H and O–H groups in total. The van der Waals surface area contributed by atoms with E-state index in [9.17, 15) is 0 Å². The Morgan fingerprint density at radius 1 is 1.33 bits per heavy atom. The van der Waals surface area contributed by atoms with Gasteiger partial charge in [0.2, 0.25) is 0 Å². The summed E-state index contributed by atoms with van der Waals surface area (Å²) in [6.07, 6.45) is 1.67. The molecule has 0 amide bonds. The lowest BCUT2D eigenvalue weighted by atomic mass is 10.1. The average molecular weight is 239 g/mol. The summed E-state index contributed by atoms with van der Waals surface area (Å²) in [6, 6.07) is 10.8. The molecule has 2 heterocycles. The van der Waals surface area contributed by atoms with Crippen LogP contribution in [-0.4, -0.2) is 23.1 Å². The molecule has 3 rings (SSSR count). The van der Waals surface area contributed by atoms with Gasteiger partial charge in [0.15, 0.2) is 0 Å². The van der Waals surface area contributed by atoms with Gasteiger partial charge >= 0.3 is 0 Å². The molecule has 0 spiro atoms. The van der Waals surface area contributed by atoms with Crippen LogP contribution >= 0.6 is 0 Å². The Hall–Kier alpha value is -1.79. The number of hydrogen-bond donors (Lipinski definition) is 0. The van der Waals surface area contributed by atoms with Gasteiger partial charge < -0.3 is 9.47 Å². The smallest absolute Gasteiger partial charge is 0.0640 e. The second-order valence-electron chi connectivity index (χ2n) is 4.99. The third kappa shape index (κ3) is 1.70. The van der Waals surface area contributed by atoms with Gasteiger partial charge in [-0.3, -0.25) is 0 Å². The number of nitrogens with zero attached hydrogens (tertiary/aromatic N) is 3. The number of aromatic nitrogens is 1. The number of likely N-dealkylation sites (N-methyl/N-ethyl adjacent to an activating group) is 1. The van der Waals surface area contributed by atoms with Crippen molar-refractivity contribution in [3.05, 3.63) is 35.5 Å². The van der Waals surface area contributed by atoms with Gasteiger partial charge in [0, 0.05) is 42.7 Å². The van der Waals surface area contributed by atoms with Crippen LogP contribution in [0.4, 0.5) is 0 Å². The first-order valence-electron chi connectivity index (χ1n) is 6.45. The lowest BCUT2D eigenvalue weighted by molar-refractivity contribution is 0.309. The number of hydrogen-bond acceptors (Lipinski definition) is 2. The van der Waals surface area contributed by atoms with E-state index in [0.29, 0.717) is 6.42 Å². The molecule has 18 heavy (non-hydrogen) atoms. The lowest BCUT2D eigenvalue weighted by Gasteiger charge is -2.24. The van der Waals surface area contributed by atoms with Crippen LogP contribution in [0.2, 0.25) is 0 Å². The second-order valence-corrected chi connectivity index (χ2v) is 4.99. The normalized spacial score (nSPS) is 15.6. The predicted octanol–water partition coefficient (Wildman–Crippen LogP) is 2.54. The predicted molar refractivity (Wildman–Crippen MR) is 72.2 cm³/mol. The monoisotopic (exact) mass is 239 g/mol. The van der Waals surface area contributed by atoms with Crippen molar-refractivity contribution in [3.63, 3.8) is 0 Å². The maximum Gasteiger partial charge on any atom is 0.0640 e. The number of rotatable bonds is 2. The van der Waals surface area contributed by atoms with Crippen LogP contribution in [0.3, 0.4) is 0 Å². The van der Waals surface area contributed by atoms with Crippen molar-refractivity contribution in [1.29, 1.82) is 5.26 Å². The molecule has 92 valence electrons. The minimum atomic E-state index is 0.584. The molecule has 0 unspecified atom stereocenters. The summed E-state index contributed by atoms with van der Waals surface area (Å²) in [4.78, 5) is 2.36. The van der Waals surface area contributed by atoms with E-state index >= 15 is 0 Å². The summed E-state index contributed by atoms with van der Waals surface area (Å²) < 4.78 is 2.35. The van der Waals surface area contributed by atoms with E-state index in [1.165, 1.54) is 22.2 Å². The molecular formula is C15H17N3. The quantitative estimate of drug-likeness (QED) is 0.806. The number of aryl methyl sites for hydroxylation is 1. The van der Waals surface area contributed by atoms with E-state index < -0.39 is 0 Å². The minimum absolute atomic E-state index is 0.584. The fourth-order valence-corrected chi connectivity index (χ4v) is 2.95. The molecule has 0 aliphatic carbocycles. The van der Waals surface area contributed by atoms with Gasteiger partial charge in [0.25, 0.3) is 0 Å². The van der Waals surface area contributed by atoms with Crippen LogP contribution < -0.4 is 0 Å². The summed E-state index contributed by atoms with van der Waals surface area (Å²) in [5.74, 6) is 0. The van der Waals surface area contributed by atoms with Crippen LogP contribution in [0, 0.1) is 11.3 Å². The Balaban J connectivity index is 2.18. The highest BCUT2D eigenvalue weighted by molar-refractivity contribution is 5.85. The molecule has 1 aliphatic heterocycles. The molecule has 0 fully saturated rings. The molecule has 3 nitrogen and oxygen atoms in total. The standard InChI is InChI=1S/C15H17N3/c1-17-10-7-15-13(11-17)12-5-2-3-6-14(12)18(15)9-4-8-16/h2-3,5-6H,4,7,9-11H2,1H3. The highest BCUT2D eigenvalue weighted by Gasteiger charge is 2.21. The van der Waals surface area contributed by atoms with Gasteiger partial charge in [0.05, 0.1) is 12.5 Å². The summed E-state index contributed by atoms with van der Waals surface area (Å²) >= 11 is 0. The van der Waals surface area contributed by atoms with E-state index in [4.69, 9.17) is 5.26 Å². The molecule has 1 aliphatic rings. The first kappa shape index (κ1) is 11.3. The lowest BCUT2D eigenvalue weighted by Crippen LogP contribution is -2.27. The highest BCUT2D eigenvalue weighted by atomic mass is 15.1. The summed E-state index contributed by atoms with van der Waals surface area (Å²) in [7, 11) is 2.17. The van der Waals surface area contributed by atoms with Crippen molar-refractivity contribution < 1.29 is 0 Å². The maximum absolute atomic E-state index is 8.81. The summed E-state index contributed by atoms with van der Waals surface area (Å²) in [5, 5.41) is 10.2. The molecule has 0 saturated heterocycles. The Morgan fingerprint density at radius 2 is 2.17 bits per heavy atom. The van der Waals surface area contributed by atoms with Gasteiger partial charge in [-0.05, 0) is 18.7 Å². The molecule has 0 radical (unpaired) electrons. The van der Waals surface area contributed by atoms with E-state index in [-0.39, 0.29) is 0 Å². The Labute approximate surface area is 107 Å². The van der Waals surface area contributed by atoms with Crippen molar-refractivity contribution >= 4 is 10.9 Å². The molecule has 0 atom stereocenters. The number of benzene rings is 1. The summed E-state index contributed by atoms with van der Waals surface area (Å²) in [6.45, 7) is 2.95. The van der Waals surface area contributed by atoms with Crippen LogP contribution in [-0.2, 0) is 19.5 Å². The largest absolute Gasteiger partial charge is 0.343 e. The van der Waals surface area contributed by atoms with Gasteiger partial charge in [0.1, 0.15) is 0 Å². The van der Waals surface area contributed by atoms with E-state index in [2.05, 4.69) is 46.8 Å². The molecule has 0 bridgehead atoms. The third-order valence-electron chi connectivity index (χ3n) is 3.80. The molecule has 3 heteroatoms. The van der Waals surface area contributed by atoms with Crippen molar-refractivity contribution in [2.75, 3.05) is 13.6 Å². The van der Waals surface area contributed by atoms with Gasteiger partial charge in [-0.25, -0.2) is 0 Å². The SMILES string of the molecule is CN1CCc2c(c3ccccc3n2CCC#N)C1. The van der Waals surface area contributed by atoms with Crippen LogP contribution in [0.1, 0.15) is 17.7 Å². The fourth-order valence-electron chi connectivity index (χ4n) is 2.95. The zero-order valence-electron chi connectivity index (χ0n) is 10.7. The van der Waals surface area contributed by atoms with Crippen LogP contribution in [0.25, 0.3) is 10.9 Å². The molecule has 2 aromatic rings. The van der Waals surface area contributed by atoms with Crippen LogP contribution in [0.5, 0.6) is 0 Å². The Kier molecular flexibility index (Phi) is 2.81. The maximum atomic E-state index is 8.81. The summed E-state index contributed by atoms with van der Waals surface area (Å²) in [5.41, 5.74) is 4.18. The number of nitriles is 1. The van der Waals surface area contributed by atoms with Gasteiger partial charge in [-0.15, -0.1) is 0 Å². The van der Waals surface area contributed by atoms with Crippen molar-refractivity contribution in [2.45, 2.75) is 25.9 Å². The fraction of sp³-hybridized carbons (Fsp3) is 0.400. The second kappa shape index (κ2) is 4.47. The molecule has 1 aromatic carbocycles. The zero-order valence-corrected chi connectivity index (χ0v) is 10.7. The first-order chi connectivity index (χ1) is 8.81. The van der Waals surface area contributed by atoms with E-state index in [1.807, 2.05) is 0 Å². The topological polar surface area (TPSA) is 32.0 Å². The van der Waals surface area contributed by atoms with Crippen molar-refractivity contribution in [2.24, 2.45) is 0 Å². The highest BCUT2D eigenvalue weighted by Crippen LogP contribution is 2.30. The Morgan fingerprint density at radius 3 is 3.00 bits per heavy atom. The molecular weight excluding hydrogens is 222 g/mol. The average Bonchev–Trinajstić information content (AvgIpc) is 2.70. The zero-order chi connectivity index (χ0) is 12.5. The van der Waals surface area contributed by atoms with Crippen molar-refractivity contribution in [1.82, 2.24) is 9.47 Å². The van der Waals surface area contributed by atoms with Crippen LogP contribution in [0.15, 0.2) is 24.3 Å². The van der Waals surface area contributed by atoms with Crippen molar-refractivity contribution in [3.8, 4) is 6.07 Å². The van der Waals surface area contributed by atoms with Gasteiger partial charge in [-0.2, -0.15) is 5.26 Å². The van der Waals surface area contributed by atoms with Gasteiger partial charge in [-0.1, -0.05) is 18.2 Å². The van der Waals surface area contributed by atoms with E-state index in [0.717, 1.165) is 26.1 Å². The molecule has 1 aromatic heterocycles.